The Morgan fingerprint density at radius 3 is 2.57 bits per heavy atom. The minimum Gasteiger partial charge on any atom is -0.469 e. The summed E-state index contributed by atoms with van der Waals surface area (Å²) in [7, 11) is 1.46. The summed E-state index contributed by atoms with van der Waals surface area (Å²) in [6, 6.07) is 8.19. The van der Waals surface area contributed by atoms with Gasteiger partial charge in [0.1, 0.15) is 0 Å². The third-order valence-corrected chi connectivity index (χ3v) is 4.52. The van der Waals surface area contributed by atoms with E-state index in [-0.39, 0.29) is 11.9 Å². The van der Waals surface area contributed by atoms with Gasteiger partial charge in [0.05, 0.1) is 19.6 Å². The fourth-order valence-corrected chi connectivity index (χ4v) is 2.94. The van der Waals surface area contributed by atoms with Crippen molar-refractivity contribution in [3.63, 3.8) is 0 Å². The largest absolute Gasteiger partial charge is 0.469 e. The van der Waals surface area contributed by atoms with Gasteiger partial charge in [0.2, 0.25) is 0 Å². The number of ether oxygens (including phenoxy) is 1. The molecule has 1 N–H and O–H groups in total. The maximum absolute atomic E-state index is 11.6. The molecular formula is C17H24BrN3O2. The highest BCUT2D eigenvalue weighted by Crippen LogP contribution is 2.19. The van der Waals surface area contributed by atoms with E-state index in [0.29, 0.717) is 6.54 Å². The smallest absolute Gasteiger partial charge is 0.308 e. The molecule has 0 radical (unpaired) electrons. The van der Waals surface area contributed by atoms with Gasteiger partial charge in [-0.25, -0.2) is 4.99 Å². The van der Waals surface area contributed by atoms with Gasteiger partial charge in [-0.15, -0.1) is 0 Å². The third-order valence-electron chi connectivity index (χ3n) is 3.99. The zero-order valence-electron chi connectivity index (χ0n) is 13.7. The molecule has 1 aromatic rings. The molecule has 6 heteroatoms. The van der Waals surface area contributed by atoms with Crippen LogP contribution in [0.25, 0.3) is 0 Å². The Labute approximate surface area is 146 Å². The van der Waals surface area contributed by atoms with E-state index in [1.807, 2.05) is 12.1 Å². The standard InChI is InChI=1S/C17H24BrN3O2/c1-3-19-17(20-12-13-4-6-15(18)7-5-13)21-10-8-14(9-11-21)16(22)23-2/h4-7,14H,3,8-12H2,1-2H3,(H,19,20). The Balaban J connectivity index is 1.97. The molecule has 2 rings (SSSR count). The molecule has 0 aromatic heterocycles. The number of benzene rings is 1. The van der Waals surface area contributed by atoms with Crippen LogP contribution in [-0.4, -0.2) is 43.6 Å². The number of carbonyl (C=O) groups is 1. The molecule has 1 heterocycles. The SMILES string of the molecule is CCNC(=NCc1ccc(Br)cc1)N1CCC(C(=O)OC)CC1. The van der Waals surface area contributed by atoms with E-state index < -0.39 is 0 Å². The number of esters is 1. The van der Waals surface area contributed by atoms with Gasteiger partial charge < -0.3 is 15.0 Å². The molecule has 0 aliphatic carbocycles. The van der Waals surface area contributed by atoms with Gasteiger partial charge in [-0.1, -0.05) is 28.1 Å². The van der Waals surface area contributed by atoms with Crippen LogP contribution in [-0.2, 0) is 16.1 Å². The molecule has 0 amide bonds. The Morgan fingerprint density at radius 1 is 1.35 bits per heavy atom. The average molecular weight is 382 g/mol. The second kappa shape index (κ2) is 8.91. The van der Waals surface area contributed by atoms with E-state index >= 15 is 0 Å². The molecule has 126 valence electrons. The minimum atomic E-state index is -0.0959. The van der Waals surface area contributed by atoms with E-state index in [0.717, 1.165) is 42.9 Å². The zero-order chi connectivity index (χ0) is 16.7. The lowest BCUT2D eigenvalue weighted by atomic mass is 9.97. The van der Waals surface area contributed by atoms with Crippen molar-refractivity contribution in [3.05, 3.63) is 34.3 Å². The number of carbonyl (C=O) groups excluding carboxylic acids is 1. The van der Waals surface area contributed by atoms with E-state index in [2.05, 4.69) is 45.2 Å². The van der Waals surface area contributed by atoms with E-state index in [1.165, 1.54) is 12.7 Å². The molecular weight excluding hydrogens is 358 g/mol. The van der Waals surface area contributed by atoms with Crippen molar-refractivity contribution in [1.82, 2.24) is 10.2 Å². The number of nitrogens with zero attached hydrogens (tertiary/aromatic N) is 2. The second-order valence-electron chi connectivity index (χ2n) is 5.58. The Morgan fingerprint density at radius 2 is 2.00 bits per heavy atom. The molecule has 23 heavy (non-hydrogen) atoms. The first-order valence-corrected chi connectivity index (χ1v) is 8.79. The van der Waals surface area contributed by atoms with Crippen molar-refractivity contribution in [2.75, 3.05) is 26.7 Å². The van der Waals surface area contributed by atoms with Crippen LogP contribution in [0.3, 0.4) is 0 Å². The molecule has 1 aliphatic rings. The first-order chi connectivity index (χ1) is 11.1. The third kappa shape index (κ3) is 5.23. The highest BCUT2D eigenvalue weighted by Gasteiger charge is 2.26. The van der Waals surface area contributed by atoms with Crippen molar-refractivity contribution in [1.29, 1.82) is 0 Å². The van der Waals surface area contributed by atoms with E-state index in [1.54, 1.807) is 0 Å². The summed E-state index contributed by atoms with van der Waals surface area (Å²) in [4.78, 5) is 18.6. The van der Waals surface area contributed by atoms with Gasteiger partial charge in [-0.05, 0) is 37.5 Å². The molecule has 1 aromatic carbocycles. The fraction of sp³-hybridized carbons (Fsp3) is 0.529. The highest BCUT2D eigenvalue weighted by molar-refractivity contribution is 9.10. The number of hydrogen-bond acceptors (Lipinski definition) is 3. The lowest BCUT2D eigenvalue weighted by molar-refractivity contribution is -0.146. The van der Waals surface area contributed by atoms with Gasteiger partial charge in [0.25, 0.3) is 0 Å². The van der Waals surface area contributed by atoms with Crippen LogP contribution in [0.4, 0.5) is 0 Å². The number of nitrogens with one attached hydrogen (secondary N) is 1. The monoisotopic (exact) mass is 381 g/mol. The topological polar surface area (TPSA) is 53.9 Å². The number of hydrogen-bond donors (Lipinski definition) is 1. The maximum Gasteiger partial charge on any atom is 0.308 e. The van der Waals surface area contributed by atoms with Crippen molar-refractivity contribution >= 4 is 27.9 Å². The summed E-state index contributed by atoms with van der Waals surface area (Å²) in [6.45, 7) is 5.19. The predicted molar refractivity (Wildman–Crippen MR) is 95.3 cm³/mol. The van der Waals surface area contributed by atoms with Crippen LogP contribution in [0, 0.1) is 5.92 Å². The zero-order valence-corrected chi connectivity index (χ0v) is 15.3. The van der Waals surface area contributed by atoms with Gasteiger partial charge >= 0.3 is 5.97 Å². The van der Waals surface area contributed by atoms with Crippen molar-refractivity contribution in [3.8, 4) is 0 Å². The Kier molecular flexibility index (Phi) is 6.89. The fourth-order valence-electron chi connectivity index (χ4n) is 2.68. The number of rotatable bonds is 4. The van der Waals surface area contributed by atoms with Gasteiger partial charge in [0, 0.05) is 24.1 Å². The molecule has 5 nitrogen and oxygen atoms in total. The lowest BCUT2D eigenvalue weighted by Gasteiger charge is -2.33. The summed E-state index contributed by atoms with van der Waals surface area (Å²) < 4.78 is 5.91. The number of aliphatic imine (C=N–C) groups is 1. The van der Waals surface area contributed by atoms with E-state index in [9.17, 15) is 4.79 Å². The summed E-state index contributed by atoms with van der Waals surface area (Å²) >= 11 is 3.44. The Hall–Kier alpha value is -1.56. The van der Waals surface area contributed by atoms with Gasteiger partial charge in [-0.2, -0.15) is 0 Å². The molecule has 1 saturated heterocycles. The summed E-state index contributed by atoms with van der Waals surface area (Å²) in [5, 5.41) is 3.34. The molecule has 0 spiro atoms. The molecule has 0 unspecified atom stereocenters. The summed E-state index contributed by atoms with van der Waals surface area (Å²) in [5.74, 6) is 0.839. The minimum absolute atomic E-state index is 0.0191. The lowest BCUT2D eigenvalue weighted by Crippen LogP contribution is -2.46. The molecule has 0 bridgehead atoms. The van der Waals surface area contributed by atoms with Crippen molar-refractivity contribution < 1.29 is 9.53 Å². The normalized spacial score (nSPS) is 16.3. The average Bonchev–Trinajstić information content (AvgIpc) is 2.59. The van der Waals surface area contributed by atoms with E-state index in [4.69, 9.17) is 9.73 Å². The predicted octanol–water partition coefficient (Wildman–Crippen LogP) is 2.80. The number of piperidine rings is 1. The first kappa shape index (κ1) is 17.8. The molecule has 0 atom stereocenters. The quantitative estimate of drug-likeness (QED) is 0.494. The molecule has 1 fully saturated rings. The number of guanidine groups is 1. The van der Waals surface area contributed by atoms with Crippen LogP contribution in [0.2, 0.25) is 0 Å². The number of halogens is 1. The molecule has 1 aliphatic heterocycles. The second-order valence-corrected chi connectivity index (χ2v) is 6.50. The summed E-state index contributed by atoms with van der Waals surface area (Å²) in [5.41, 5.74) is 1.17. The molecule has 0 saturated carbocycles. The highest BCUT2D eigenvalue weighted by atomic mass is 79.9. The van der Waals surface area contributed by atoms with Crippen molar-refractivity contribution in [2.24, 2.45) is 10.9 Å². The van der Waals surface area contributed by atoms with Crippen LogP contribution in [0.5, 0.6) is 0 Å². The van der Waals surface area contributed by atoms with Gasteiger partial charge in [-0.3, -0.25) is 4.79 Å². The maximum atomic E-state index is 11.6. The number of likely N-dealkylation sites (tertiary alicyclic amines) is 1. The van der Waals surface area contributed by atoms with Crippen LogP contribution >= 0.6 is 15.9 Å². The Bertz CT molecular complexity index is 537. The number of methoxy groups -OCH3 is 1. The van der Waals surface area contributed by atoms with Crippen LogP contribution in [0.15, 0.2) is 33.7 Å². The summed E-state index contributed by atoms with van der Waals surface area (Å²) in [6.07, 6.45) is 1.63. The first-order valence-electron chi connectivity index (χ1n) is 7.99. The van der Waals surface area contributed by atoms with Crippen LogP contribution in [0.1, 0.15) is 25.3 Å². The van der Waals surface area contributed by atoms with Crippen LogP contribution < -0.4 is 5.32 Å². The van der Waals surface area contributed by atoms with Gasteiger partial charge in [0.15, 0.2) is 5.96 Å². The van der Waals surface area contributed by atoms with Crippen molar-refractivity contribution in [2.45, 2.75) is 26.3 Å².